The Labute approximate surface area is 155 Å². The van der Waals surface area contributed by atoms with E-state index in [-0.39, 0.29) is 5.91 Å². The standard InChI is InChI=1S/C20H29N5O/c1-23-10-4-5-15(19(23)17-11-21-13-25(17)3)12-24(2)20(26)16-8-9-22-18(16)14-6-7-14/h8-9,11,13-15,19,22H,4-7,10,12H2,1-3H3/t15-,19+/m0/s1. The van der Waals surface area contributed by atoms with E-state index in [1.54, 1.807) is 0 Å². The average molecular weight is 355 g/mol. The zero-order chi connectivity index (χ0) is 18.3. The third-order valence-corrected chi connectivity index (χ3v) is 6.01. The van der Waals surface area contributed by atoms with Crippen molar-refractivity contribution in [3.05, 3.63) is 41.7 Å². The van der Waals surface area contributed by atoms with Crippen LogP contribution >= 0.6 is 0 Å². The molecular formula is C20H29N5O. The maximum Gasteiger partial charge on any atom is 0.255 e. The Balaban J connectivity index is 1.51. The molecule has 2 fully saturated rings. The Morgan fingerprint density at radius 1 is 1.35 bits per heavy atom. The molecule has 140 valence electrons. The number of likely N-dealkylation sites (tertiary alicyclic amines) is 1. The maximum absolute atomic E-state index is 13.0. The quantitative estimate of drug-likeness (QED) is 0.897. The number of aromatic amines is 1. The van der Waals surface area contributed by atoms with Crippen molar-refractivity contribution < 1.29 is 4.79 Å². The van der Waals surface area contributed by atoms with E-state index >= 15 is 0 Å². The molecule has 3 heterocycles. The minimum Gasteiger partial charge on any atom is -0.364 e. The first-order valence-corrected chi connectivity index (χ1v) is 9.65. The van der Waals surface area contributed by atoms with Gasteiger partial charge in [-0.05, 0) is 57.2 Å². The van der Waals surface area contributed by atoms with Gasteiger partial charge in [-0.2, -0.15) is 0 Å². The van der Waals surface area contributed by atoms with Gasteiger partial charge in [-0.1, -0.05) is 0 Å². The Hall–Kier alpha value is -2.08. The number of nitrogens with zero attached hydrogens (tertiary/aromatic N) is 4. The molecule has 1 N–H and O–H groups in total. The summed E-state index contributed by atoms with van der Waals surface area (Å²) in [6.07, 6.45) is 10.4. The maximum atomic E-state index is 13.0. The molecule has 1 saturated carbocycles. The van der Waals surface area contributed by atoms with Crippen molar-refractivity contribution >= 4 is 5.91 Å². The fraction of sp³-hybridized carbons (Fsp3) is 0.600. The molecule has 6 heteroatoms. The second-order valence-electron chi connectivity index (χ2n) is 8.02. The summed E-state index contributed by atoms with van der Waals surface area (Å²) in [5, 5.41) is 0. The van der Waals surface area contributed by atoms with Crippen molar-refractivity contribution in [3.8, 4) is 0 Å². The normalized spacial score (nSPS) is 24.0. The molecule has 26 heavy (non-hydrogen) atoms. The van der Waals surface area contributed by atoms with E-state index in [9.17, 15) is 4.79 Å². The Bertz CT molecular complexity index is 775. The number of nitrogens with one attached hydrogen (secondary N) is 1. The van der Waals surface area contributed by atoms with Gasteiger partial charge in [-0.25, -0.2) is 4.98 Å². The predicted octanol–water partition coefficient (Wildman–Crippen LogP) is 2.78. The van der Waals surface area contributed by atoms with Crippen molar-refractivity contribution in [2.75, 3.05) is 27.2 Å². The molecule has 0 aromatic carbocycles. The van der Waals surface area contributed by atoms with Crippen LogP contribution in [0.15, 0.2) is 24.8 Å². The largest absolute Gasteiger partial charge is 0.364 e. The number of hydrogen-bond donors (Lipinski definition) is 1. The molecular weight excluding hydrogens is 326 g/mol. The van der Waals surface area contributed by atoms with Crippen molar-refractivity contribution in [1.82, 2.24) is 24.3 Å². The number of hydrogen-bond acceptors (Lipinski definition) is 3. The summed E-state index contributed by atoms with van der Waals surface area (Å²) in [4.78, 5) is 25.0. The van der Waals surface area contributed by atoms with Gasteiger partial charge < -0.3 is 14.5 Å². The number of carbonyl (C=O) groups excluding carboxylic acids is 1. The number of aryl methyl sites for hydroxylation is 1. The smallest absolute Gasteiger partial charge is 0.255 e. The summed E-state index contributed by atoms with van der Waals surface area (Å²) in [6.45, 7) is 1.86. The van der Waals surface area contributed by atoms with Gasteiger partial charge in [0.25, 0.3) is 5.91 Å². The first kappa shape index (κ1) is 17.3. The van der Waals surface area contributed by atoms with E-state index < -0.39 is 0 Å². The highest BCUT2D eigenvalue weighted by Gasteiger charge is 2.35. The monoisotopic (exact) mass is 355 g/mol. The van der Waals surface area contributed by atoms with Gasteiger partial charge in [-0.3, -0.25) is 9.69 Å². The lowest BCUT2D eigenvalue weighted by atomic mass is 9.87. The van der Waals surface area contributed by atoms with E-state index in [0.29, 0.717) is 17.9 Å². The van der Waals surface area contributed by atoms with Crippen LogP contribution in [0.1, 0.15) is 59.4 Å². The third-order valence-electron chi connectivity index (χ3n) is 6.01. The topological polar surface area (TPSA) is 57.2 Å². The van der Waals surface area contributed by atoms with Gasteiger partial charge >= 0.3 is 0 Å². The van der Waals surface area contributed by atoms with E-state index in [1.807, 2.05) is 36.7 Å². The number of H-pyrrole nitrogens is 1. The summed E-state index contributed by atoms with van der Waals surface area (Å²) in [6, 6.07) is 2.25. The molecule has 0 radical (unpaired) electrons. The molecule has 1 saturated heterocycles. The van der Waals surface area contributed by atoms with Crippen molar-refractivity contribution in [2.45, 2.75) is 37.6 Å². The number of amides is 1. The van der Waals surface area contributed by atoms with Crippen LogP contribution in [-0.2, 0) is 7.05 Å². The van der Waals surface area contributed by atoms with Crippen LogP contribution in [0.3, 0.4) is 0 Å². The van der Waals surface area contributed by atoms with Crippen molar-refractivity contribution in [2.24, 2.45) is 13.0 Å². The number of rotatable bonds is 5. The highest BCUT2D eigenvalue weighted by atomic mass is 16.2. The Morgan fingerprint density at radius 3 is 2.85 bits per heavy atom. The number of carbonyl (C=O) groups is 1. The SMILES string of the molecule is CN(C[C@@H]1CCCN(C)[C@H]1c1cncn1C)C(=O)c1cc[nH]c1C1CC1. The Kier molecular flexibility index (Phi) is 4.61. The first-order valence-electron chi connectivity index (χ1n) is 9.65. The molecule has 4 rings (SSSR count). The number of piperidine rings is 1. The van der Waals surface area contributed by atoms with E-state index in [1.165, 1.54) is 25.0 Å². The molecule has 2 aromatic heterocycles. The molecule has 0 unspecified atom stereocenters. The second kappa shape index (κ2) is 6.91. The predicted molar refractivity (Wildman–Crippen MR) is 101 cm³/mol. The van der Waals surface area contributed by atoms with Crippen LogP contribution in [-0.4, -0.2) is 57.4 Å². The van der Waals surface area contributed by atoms with Gasteiger partial charge in [-0.15, -0.1) is 0 Å². The molecule has 2 aliphatic rings. The zero-order valence-electron chi connectivity index (χ0n) is 16.0. The van der Waals surface area contributed by atoms with Gasteiger partial charge in [0.15, 0.2) is 0 Å². The average Bonchev–Trinajstić information content (AvgIpc) is 3.20. The lowest BCUT2D eigenvalue weighted by Crippen LogP contribution is -2.43. The summed E-state index contributed by atoms with van der Waals surface area (Å²) >= 11 is 0. The summed E-state index contributed by atoms with van der Waals surface area (Å²) in [7, 11) is 6.18. The highest BCUT2D eigenvalue weighted by molar-refractivity contribution is 5.95. The second-order valence-corrected chi connectivity index (χ2v) is 8.02. The lowest BCUT2D eigenvalue weighted by Gasteiger charge is -2.40. The lowest BCUT2D eigenvalue weighted by molar-refractivity contribution is 0.0632. The minimum atomic E-state index is 0.144. The van der Waals surface area contributed by atoms with Gasteiger partial charge in [0.05, 0.1) is 23.6 Å². The van der Waals surface area contributed by atoms with Crippen LogP contribution in [0.25, 0.3) is 0 Å². The molecule has 1 aliphatic carbocycles. The zero-order valence-corrected chi connectivity index (χ0v) is 16.0. The first-order chi connectivity index (χ1) is 12.6. The molecule has 2 aromatic rings. The van der Waals surface area contributed by atoms with Gasteiger partial charge in [0.1, 0.15) is 0 Å². The van der Waals surface area contributed by atoms with E-state index in [4.69, 9.17) is 0 Å². The third kappa shape index (κ3) is 3.18. The molecule has 0 bridgehead atoms. The Morgan fingerprint density at radius 2 is 2.15 bits per heavy atom. The molecule has 1 amide bonds. The van der Waals surface area contributed by atoms with Crippen molar-refractivity contribution in [1.29, 1.82) is 0 Å². The summed E-state index contributed by atoms with van der Waals surface area (Å²) in [5.74, 6) is 1.12. The highest BCUT2D eigenvalue weighted by Crippen LogP contribution is 2.41. The van der Waals surface area contributed by atoms with E-state index in [2.05, 4.69) is 33.5 Å². The van der Waals surface area contributed by atoms with Crippen LogP contribution in [0.4, 0.5) is 0 Å². The van der Waals surface area contributed by atoms with Gasteiger partial charge in [0, 0.05) is 38.7 Å². The molecule has 2 atom stereocenters. The molecule has 0 spiro atoms. The molecule has 6 nitrogen and oxygen atoms in total. The fourth-order valence-electron chi connectivity index (χ4n) is 4.49. The van der Waals surface area contributed by atoms with Crippen LogP contribution in [0, 0.1) is 5.92 Å². The summed E-state index contributed by atoms with van der Waals surface area (Å²) < 4.78 is 2.11. The van der Waals surface area contributed by atoms with Crippen LogP contribution in [0.5, 0.6) is 0 Å². The number of imidazole rings is 1. The van der Waals surface area contributed by atoms with E-state index in [0.717, 1.165) is 30.8 Å². The molecule has 1 aliphatic heterocycles. The summed E-state index contributed by atoms with van der Waals surface area (Å²) in [5.41, 5.74) is 3.22. The van der Waals surface area contributed by atoms with Crippen LogP contribution in [0.2, 0.25) is 0 Å². The fourth-order valence-corrected chi connectivity index (χ4v) is 4.49. The van der Waals surface area contributed by atoms with Crippen molar-refractivity contribution in [3.63, 3.8) is 0 Å². The number of aromatic nitrogens is 3. The van der Waals surface area contributed by atoms with Gasteiger partial charge in [0.2, 0.25) is 0 Å². The minimum absolute atomic E-state index is 0.144. The van der Waals surface area contributed by atoms with Crippen LogP contribution < -0.4 is 0 Å².